The maximum absolute atomic E-state index is 12.6. The van der Waals surface area contributed by atoms with E-state index in [4.69, 9.17) is 0 Å². The summed E-state index contributed by atoms with van der Waals surface area (Å²) in [6.07, 6.45) is 0. The first-order valence-corrected chi connectivity index (χ1v) is 10.1. The van der Waals surface area contributed by atoms with E-state index in [1.165, 1.54) is 0 Å². The summed E-state index contributed by atoms with van der Waals surface area (Å²) in [7, 11) is -3.65. The van der Waals surface area contributed by atoms with Crippen molar-refractivity contribution in [2.45, 2.75) is 12.7 Å². The Kier molecular flexibility index (Phi) is 5.57. The standard InChI is InChI=1S/C21H20N2O3S/c1-16-8-7-11-18(14-16)22-21(24)19-12-5-6-13-20(19)23-27(25,26)15-17-9-3-2-4-10-17/h2-14,23H,15H2,1H3,(H,22,24). The molecule has 0 radical (unpaired) electrons. The normalized spacial score (nSPS) is 11.0. The van der Waals surface area contributed by atoms with Crippen molar-refractivity contribution in [2.75, 3.05) is 10.0 Å². The molecule has 0 aliphatic heterocycles. The highest BCUT2D eigenvalue weighted by molar-refractivity contribution is 7.91. The summed E-state index contributed by atoms with van der Waals surface area (Å²) < 4.78 is 27.5. The topological polar surface area (TPSA) is 75.3 Å². The molecule has 138 valence electrons. The van der Waals surface area contributed by atoms with Crippen molar-refractivity contribution in [3.05, 3.63) is 95.6 Å². The van der Waals surface area contributed by atoms with Crippen molar-refractivity contribution < 1.29 is 13.2 Å². The van der Waals surface area contributed by atoms with E-state index < -0.39 is 10.0 Å². The van der Waals surface area contributed by atoms with Crippen LogP contribution in [0.15, 0.2) is 78.9 Å². The van der Waals surface area contributed by atoms with Gasteiger partial charge in [-0.3, -0.25) is 9.52 Å². The van der Waals surface area contributed by atoms with Gasteiger partial charge in [-0.25, -0.2) is 8.42 Å². The lowest BCUT2D eigenvalue weighted by molar-refractivity contribution is 0.102. The first-order chi connectivity index (χ1) is 12.9. The summed E-state index contributed by atoms with van der Waals surface area (Å²) in [5.74, 6) is -0.541. The van der Waals surface area contributed by atoms with E-state index in [2.05, 4.69) is 10.0 Å². The lowest BCUT2D eigenvalue weighted by Gasteiger charge is -2.13. The molecule has 0 aromatic heterocycles. The summed E-state index contributed by atoms with van der Waals surface area (Å²) in [6.45, 7) is 1.93. The largest absolute Gasteiger partial charge is 0.322 e. The Bertz CT molecular complexity index is 1050. The van der Waals surface area contributed by atoms with Crippen LogP contribution in [0.25, 0.3) is 0 Å². The second-order valence-electron chi connectivity index (χ2n) is 6.22. The Hall–Kier alpha value is -3.12. The molecule has 6 heteroatoms. The van der Waals surface area contributed by atoms with Gasteiger partial charge in [0.2, 0.25) is 10.0 Å². The molecule has 3 rings (SSSR count). The lowest BCUT2D eigenvalue weighted by Crippen LogP contribution is -2.19. The fourth-order valence-corrected chi connectivity index (χ4v) is 3.91. The third-order valence-electron chi connectivity index (χ3n) is 3.91. The summed E-state index contributed by atoms with van der Waals surface area (Å²) in [4.78, 5) is 12.6. The summed E-state index contributed by atoms with van der Waals surface area (Å²) in [6, 6.07) is 22.8. The summed E-state index contributed by atoms with van der Waals surface area (Å²) in [5.41, 5.74) is 2.85. The molecule has 0 fully saturated rings. The van der Waals surface area contributed by atoms with Gasteiger partial charge in [0.1, 0.15) is 0 Å². The molecule has 5 nitrogen and oxygen atoms in total. The molecule has 0 saturated carbocycles. The number of nitrogens with one attached hydrogen (secondary N) is 2. The number of sulfonamides is 1. The van der Waals surface area contributed by atoms with Gasteiger partial charge in [-0.1, -0.05) is 54.6 Å². The monoisotopic (exact) mass is 380 g/mol. The van der Waals surface area contributed by atoms with Gasteiger partial charge in [-0.2, -0.15) is 0 Å². The quantitative estimate of drug-likeness (QED) is 0.673. The molecular formula is C21H20N2O3S. The van der Waals surface area contributed by atoms with Gasteiger partial charge in [-0.05, 0) is 42.3 Å². The molecule has 0 aliphatic rings. The van der Waals surface area contributed by atoms with Gasteiger partial charge in [0.25, 0.3) is 5.91 Å². The number of benzene rings is 3. The Morgan fingerprint density at radius 2 is 1.59 bits per heavy atom. The van der Waals surface area contributed by atoms with Gasteiger partial charge in [-0.15, -0.1) is 0 Å². The van der Waals surface area contributed by atoms with E-state index >= 15 is 0 Å². The fraction of sp³-hybridized carbons (Fsp3) is 0.0952. The van der Waals surface area contributed by atoms with Crippen LogP contribution < -0.4 is 10.0 Å². The van der Waals surface area contributed by atoms with Crippen LogP contribution in [-0.4, -0.2) is 14.3 Å². The number of rotatable bonds is 6. The number of hydrogen-bond donors (Lipinski definition) is 2. The van der Waals surface area contributed by atoms with Crippen LogP contribution in [0.2, 0.25) is 0 Å². The Morgan fingerprint density at radius 3 is 2.33 bits per heavy atom. The maximum Gasteiger partial charge on any atom is 0.257 e. The van der Waals surface area contributed by atoms with Crippen molar-refractivity contribution in [3.8, 4) is 0 Å². The average Bonchev–Trinajstić information content (AvgIpc) is 2.62. The number of amides is 1. The Labute approximate surface area is 159 Å². The highest BCUT2D eigenvalue weighted by atomic mass is 32.2. The number of carbonyl (C=O) groups is 1. The van der Waals surface area contributed by atoms with E-state index in [0.29, 0.717) is 11.3 Å². The minimum absolute atomic E-state index is 0.165. The van der Waals surface area contributed by atoms with Crippen LogP contribution in [0.5, 0.6) is 0 Å². The van der Waals surface area contributed by atoms with Crippen molar-refractivity contribution in [3.63, 3.8) is 0 Å². The van der Waals surface area contributed by atoms with Crippen molar-refractivity contribution in [1.29, 1.82) is 0 Å². The number of para-hydroxylation sites is 1. The molecule has 3 aromatic rings. The Morgan fingerprint density at radius 1 is 0.889 bits per heavy atom. The summed E-state index contributed by atoms with van der Waals surface area (Å²) in [5, 5.41) is 2.80. The van der Waals surface area contributed by atoms with Crippen molar-refractivity contribution >= 4 is 27.3 Å². The fourth-order valence-electron chi connectivity index (χ4n) is 2.69. The first-order valence-electron chi connectivity index (χ1n) is 8.44. The SMILES string of the molecule is Cc1cccc(NC(=O)c2ccccc2NS(=O)(=O)Cc2ccccc2)c1. The third kappa shape index (κ3) is 5.18. The minimum atomic E-state index is -3.65. The van der Waals surface area contributed by atoms with Crippen LogP contribution >= 0.6 is 0 Å². The van der Waals surface area contributed by atoms with Gasteiger partial charge in [0.15, 0.2) is 0 Å². The predicted molar refractivity (Wildman–Crippen MR) is 108 cm³/mol. The second kappa shape index (κ2) is 8.05. The molecule has 1 amide bonds. The van der Waals surface area contributed by atoms with Gasteiger partial charge in [0.05, 0.1) is 17.0 Å². The number of anilines is 2. The zero-order valence-corrected chi connectivity index (χ0v) is 15.7. The van der Waals surface area contributed by atoms with Crippen LogP contribution in [0, 0.1) is 6.92 Å². The van der Waals surface area contributed by atoms with E-state index in [9.17, 15) is 13.2 Å². The molecule has 0 spiro atoms. The Balaban J connectivity index is 1.80. The third-order valence-corrected chi connectivity index (χ3v) is 5.16. The van der Waals surface area contributed by atoms with Crippen LogP contribution in [-0.2, 0) is 15.8 Å². The molecule has 0 saturated heterocycles. The molecule has 3 aromatic carbocycles. The number of hydrogen-bond acceptors (Lipinski definition) is 3. The molecule has 0 bridgehead atoms. The molecular weight excluding hydrogens is 360 g/mol. The van der Waals surface area contributed by atoms with Gasteiger partial charge < -0.3 is 5.32 Å². The predicted octanol–water partition coefficient (Wildman–Crippen LogP) is 4.19. The summed E-state index contributed by atoms with van der Waals surface area (Å²) >= 11 is 0. The molecule has 0 atom stereocenters. The van der Waals surface area contributed by atoms with E-state index in [-0.39, 0.29) is 22.9 Å². The molecule has 0 heterocycles. The highest BCUT2D eigenvalue weighted by Crippen LogP contribution is 2.20. The maximum atomic E-state index is 12.6. The number of carbonyl (C=O) groups excluding carboxylic acids is 1. The van der Waals surface area contributed by atoms with Crippen molar-refractivity contribution in [2.24, 2.45) is 0 Å². The average molecular weight is 380 g/mol. The van der Waals surface area contributed by atoms with Crippen molar-refractivity contribution in [1.82, 2.24) is 0 Å². The van der Waals surface area contributed by atoms with Gasteiger partial charge in [0, 0.05) is 5.69 Å². The smallest absolute Gasteiger partial charge is 0.257 e. The second-order valence-corrected chi connectivity index (χ2v) is 7.94. The minimum Gasteiger partial charge on any atom is -0.322 e. The van der Waals surface area contributed by atoms with E-state index in [1.807, 2.05) is 31.2 Å². The zero-order chi connectivity index (χ0) is 19.3. The molecule has 0 unspecified atom stereocenters. The first kappa shape index (κ1) is 18.7. The van der Waals surface area contributed by atoms with Gasteiger partial charge >= 0.3 is 0 Å². The van der Waals surface area contributed by atoms with Crippen LogP contribution in [0.1, 0.15) is 21.5 Å². The van der Waals surface area contributed by atoms with Crippen LogP contribution in [0.4, 0.5) is 11.4 Å². The van der Waals surface area contributed by atoms with E-state index in [1.54, 1.807) is 54.6 Å². The molecule has 2 N–H and O–H groups in total. The zero-order valence-electron chi connectivity index (χ0n) is 14.8. The molecule has 27 heavy (non-hydrogen) atoms. The van der Waals surface area contributed by atoms with E-state index in [0.717, 1.165) is 5.56 Å². The molecule has 0 aliphatic carbocycles. The highest BCUT2D eigenvalue weighted by Gasteiger charge is 2.17. The lowest BCUT2D eigenvalue weighted by atomic mass is 10.1. The number of aryl methyl sites for hydroxylation is 1. The van der Waals surface area contributed by atoms with Crippen LogP contribution in [0.3, 0.4) is 0 Å².